The first-order chi connectivity index (χ1) is 15.2. The second-order valence-electron chi connectivity index (χ2n) is 6.57. The molecule has 0 aliphatic rings. The van der Waals surface area contributed by atoms with Crippen LogP contribution < -0.4 is 4.74 Å². The summed E-state index contributed by atoms with van der Waals surface area (Å²) in [5.74, 6) is -15.6. The number of aromatic carboxylic acids is 1. The molecule has 0 amide bonds. The summed E-state index contributed by atoms with van der Waals surface area (Å²) in [6.07, 6.45) is -6.52. The quantitative estimate of drug-likeness (QED) is 0.454. The highest BCUT2D eigenvalue weighted by molar-refractivity contribution is 5.84. The lowest BCUT2D eigenvalue weighted by Crippen LogP contribution is -2.54. The van der Waals surface area contributed by atoms with E-state index in [9.17, 15) is 39.9 Å². The maximum absolute atomic E-state index is 14.5. The van der Waals surface area contributed by atoms with Crippen molar-refractivity contribution in [1.82, 2.24) is 15.2 Å². The van der Waals surface area contributed by atoms with Crippen LogP contribution in [-0.2, 0) is 0 Å². The third kappa shape index (κ3) is 4.59. The van der Waals surface area contributed by atoms with E-state index >= 15 is 0 Å². The SMILES string of the molecule is O=C(O)c1nc(-c2ccc(F)c(-c3ccccc3OCC(F)(F)C(F)(F)C(F)(F)F)c2)n[nH]1. The van der Waals surface area contributed by atoms with Crippen LogP contribution in [0.1, 0.15) is 10.6 Å². The van der Waals surface area contributed by atoms with Gasteiger partial charge in [-0.2, -0.15) is 35.8 Å². The first kappa shape index (κ1) is 23.9. The normalized spacial score (nSPS) is 12.6. The molecule has 0 unspecified atom stereocenters. The van der Waals surface area contributed by atoms with Crippen LogP contribution in [-0.4, -0.2) is 50.9 Å². The average molecular weight is 481 g/mol. The molecule has 33 heavy (non-hydrogen) atoms. The number of carboxylic acid groups (broad SMARTS) is 1. The Balaban J connectivity index is 1.95. The number of para-hydroxylation sites is 1. The fourth-order valence-corrected chi connectivity index (χ4v) is 2.64. The average Bonchev–Trinajstić information content (AvgIpc) is 3.23. The first-order valence-electron chi connectivity index (χ1n) is 8.75. The number of aromatic nitrogens is 3. The number of carbonyl (C=O) groups is 1. The van der Waals surface area contributed by atoms with E-state index in [-0.39, 0.29) is 22.5 Å². The Morgan fingerprint density at radius 3 is 2.27 bits per heavy atom. The molecule has 2 N–H and O–H groups in total. The lowest BCUT2D eigenvalue weighted by Gasteiger charge is -2.28. The predicted octanol–water partition coefficient (Wildman–Crippen LogP) is 5.19. The molecule has 6 nitrogen and oxygen atoms in total. The summed E-state index contributed by atoms with van der Waals surface area (Å²) in [6.45, 7) is -2.35. The van der Waals surface area contributed by atoms with Crippen molar-refractivity contribution in [3.8, 4) is 28.3 Å². The lowest BCUT2D eigenvalue weighted by atomic mass is 10.0. The highest BCUT2D eigenvalue weighted by Gasteiger charge is 2.73. The zero-order valence-corrected chi connectivity index (χ0v) is 15.9. The van der Waals surface area contributed by atoms with Crippen molar-refractivity contribution in [3.63, 3.8) is 0 Å². The molecule has 3 aromatic rings. The molecule has 0 bridgehead atoms. The number of nitrogens with one attached hydrogen (secondary N) is 1. The molecular formula is C19H11F8N3O3. The van der Waals surface area contributed by atoms with Crippen molar-refractivity contribution < 1.29 is 49.8 Å². The van der Waals surface area contributed by atoms with Gasteiger partial charge in [0.25, 0.3) is 0 Å². The molecule has 0 spiro atoms. The summed E-state index contributed by atoms with van der Waals surface area (Å²) >= 11 is 0. The molecular weight excluding hydrogens is 470 g/mol. The number of benzene rings is 2. The number of ether oxygens (including phenoxy) is 1. The van der Waals surface area contributed by atoms with Gasteiger partial charge in [0.15, 0.2) is 12.4 Å². The van der Waals surface area contributed by atoms with Crippen LogP contribution in [0.15, 0.2) is 42.5 Å². The van der Waals surface area contributed by atoms with Crippen LogP contribution in [0.25, 0.3) is 22.5 Å². The minimum absolute atomic E-state index is 0.0823. The van der Waals surface area contributed by atoms with Crippen LogP contribution in [0.5, 0.6) is 5.75 Å². The van der Waals surface area contributed by atoms with Gasteiger partial charge in [0.05, 0.1) is 0 Å². The minimum Gasteiger partial charge on any atom is -0.486 e. The molecule has 0 saturated carbocycles. The topological polar surface area (TPSA) is 88.1 Å². The second-order valence-corrected chi connectivity index (χ2v) is 6.57. The van der Waals surface area contributed by atoms with Gasteiger partial charge >= 0.3 is 24.0 Å². The molecule has 0 saturated heterocycles. The number of rotatable bonds is 7. The predicted molar refractivity (Wildman–Crippen MR) is 95.6 cm³/mol. The van der Waals surface area contributed by atoms with Gasteiger partial charge in [-0.15, -0.1) is 0 Å². The summed E-state index contributed by atoms with van der Waals surface area (Å²) in [4.78, 5) is 14.6. The molecule has 3 rings (SSSR count). The van der Waals surface area contributed by atoms with Gasteiger partial charge in [0, 0.05) is 16.7 Å². The largest absolute Gasteiger partial charge is 0.486 e. The minimum atomic E-state index is -6.52. The molecule has 0 aliphatic heterocycles. The fourth-order valence-electron chi connectivity index (χ4n) is 2.64. The number of alkyl halides is 7. The molecule has 176 valence electrons. The molecule has 2 aromatic carbocycles. The van der Waals surface area contributed by atoms with Gasteiger partial charge < -0.3 is 9.84 Å². The first-order valence-corrected chi connectivity index (χ1v) is 8.75. The van der Waals surface area contributed by atoms with Crippen molar-refractivity contribution >= 4 is 5.97 Å². The highest BCUT2D eigenvalue weighted by Crippen LogP contribution is 2.47. The van der Waals surface area contributed by atoms with Crippen LogP contribution in [0.3, 0.4) is 0 Å². The van der Waals surface area contributed by atoms with E-state index in [1.54, 1.807) is 0 Å². The summed E-state index contributed by atoms with van der Waals surface area (Å²) in [6, 6.07) is 7.81. The summed E-state index contributed by atoms with van der Waals surface area (Å²) in [7, 11) is 0. The Kier molecular flexibility index (Phi) is 6.04. The third-order valence-electron chi connectivity index (χ3n) is 4.31. The Labute approximate surface area is 178 Å². The van der Waals surface area contributed by atoms with Gasteiger partial charge in [-0.05, 0) is 24.3 Å². The van der Waals surface area contributed by atoms with Crippen molar-refractivity contribution in [2.24, 2.45) is 0 Å². The Morgan fingerprint density at radius 2 is 1.67 bits per heavy atom. The van der Waals surface area contributed by atoms with Crippen LogP contribution in [0, 0.1) is 5.82 Å². The molecule has 1 aromatic heterocycles. The smallest absolute Gasteiger partial charge is 0.460 e. The Hall–Kier alpha value is -3.71. The van der Waals surface area contributed by atoms with E-state index in [4.69, 9.17) is 5.11 Å². The number of halogens is 8. The zero-order valence-electron chi connectivity index (χ0n) is 15.9. The number of nitrogens with zero attached hydrogens (tertiary/aromatic N) is 2. The van der Waals surface area contributed by atoms with E-state index in [2.05, 4.69) is 19.9 Å². The van der Waals surface area contributed by atoms with Crippen LogP contribution in [0.2, 0.25) is 0 Å². The van der Waals surface area contributed by atoms with Crippen molar-refractivity contribution in [2.45, 2.75) is 18.0 Å². The standard InChI is InChI=1S/C19H11F8N3O3/c20-12-6-5-9(14-28-15(16(31)32)30-29-14)7-11(12)10-3-1-2-4-13(10)33-8-17(21,22)18(23,24)19(25,26)27/h1-7H,8H2,(H,31,32)(H,28,29,30). The second kappa shape index (κ2) is 8.33. The number of H-pyrrole nitrogens is 1. The van der Waals surface area contributed by atoms with E-state index in [0.29, 0.717) is 0 Å². The number of hydrogen-bond acceptors (Lipinski definition) is 4. The van der Waals surface area contributed by atoms with E-state index < -0.39 is 48.0 Å². The van der Waals surface area contributed by atoms with Crippen molar-refractivity contribution in [1.29, 1.82) is 0 Å². The molecule has 1 heterocycles. The van der Waals surface area contributed by atoms with Crippen LogP contribution >= 0.6 is 0 Å². The maximum Gasteiger partial charge on any atom is 0.460 e. The maximum atomic E-state index is 14.5. The summed E-state index contributed by atoms with van der Waals surface area (Å²) in [5.41, 5.74) is -0.494. The molecule has 0 fully saturated rings. The molecule has 14 heteroatoms. The van der Waals surface area contributed by atoms with Crippen molar-refractivity contribution in [3.05, 3.63) is 54.1 Å². The van der Waals surface area contributed by atoms with Gasteiger partial charge in [0.1, 0.15) is 11.6 Å². The van der Waals surface area contributed by atoms with Gasteiger partial charge in [-0.25, -0.2) is 14.2 Å². The molecule has 0 atom stereocenters. The summed E-state index contributed by atoms with van der Waals surface area (Å²) in [5, 5.41) is 14.7. The van der Waals surface area contributed by atoms with E-state index in [1.807, 2.05) is 0 Å². The van der Waals surface area contributed by atoms with Gasteiger partial charge in [-0.3, -0.25) is 5.10 Å². The van der Waals surface area contributed by atoms with E-state index in [0.717, 1.165) is 24.3 Å². The summed E-state index contributed by atoms with van der Waals surface area (Å²) < 4.78 is 109. The highest BCUT2D eigenvalue weighted by atomic mass is 19.4. The number of aromatic amines is 1. The number of hydrogen-bond donors (Lipinski definition) is 2. The Morgan fingerprint density at radius 1 is 1.00 bits per heavy atom. The lowest BCUT2D eigenvalue weighted by molar-refractivity contribution is -0.358. The monoisotopic (exact) mass is 481 g/mol. The van der Waals surface area contributed by atoms with Crippen molar-refractivity contribution in [2.75, 3.05) is 6.61 Å². The van der Waals surface area contributed by atoms with Gasteiger partial charge in [0.2, 0.25) is 5.82 Å². The van der Waals surface area contributed by atoms with Gasteiger partial charge in [-0.1, -0.05) is 18.2 Å². The van der Waals surface area contributed by atoms with E-state index in [1.165, 1.54) is 18.2 Å². The zero-order chi connectivity index (χ0) is 24.6. The molecule has 0 radical (unpaired) electrons. The third-order valence-corrected chi connectivity index (χ3v) is 4.31. The molecule has 0 aliphatic carbocycles. The number of carboxylic acids is 1. The fraction of sp³-hybridized carbons (Fsp3) is 0.211. The Bertz CT molecular complexity index is 1180. The van der Waals surface area contributed by atoms with Crippen LogP contribution in [0.4, 0.5) is 35.1 Å².